The van der Waals surface area contributed by atoms with Crippen molar-refractivity contribution in [1.29, 1.82) is 0 Å². The first-order valence-corrected chi connectivity index (χ1v) is 11.2. The fourth-order valence-electron chi connectivity index (χ4n) is 2.52. The molecule has 174 valence electrons. The molecule has 0 aliphatic heterocycles. The van der Waals surface area contributed by atoms with Crippen LogP contribution in [0.15, 0.2) is 0 Å². The van der Waals surface area contributed by atoms with E-state index < -0.39 is 47.9 Å². The van der Waals surface area contributed by atoms with Crippen molar-refractivity contribution >= 4 is 48.9 Å². The van der Waals surface area contributed by atoms with Crippen LogP contribution in [-0.4, -0.2) is 71.0 Å². The van der Waals surface area contributed by atoms with Gasteiger partial charge in [-0.1, -0.05) is 20.3 Å². The minimum atomic E-state index is -1.17. The molecular weight excluding hydrogens is 430 g/mol. The van der Waals surface area contributed by atoms with Crippen LogP contribution in [0.25, 0.3) is 0 Å². The number of nitrogens with one attached hydrogen (secondary N) is 3. The molecule has 0 aliphatic rings. The normalized spacial score (nSPS) is 15.9. The van der Waals surface area contributed by atoms with E-state index in [1.165, 1.54) is 0 Å². The number of hydrogen-bond donors (Lipinski definition) is 8. The van der Waals surface area contributed by atoms with Crippen molar-refractivity contribution < 1.29 is 24.3 Å². The summed E-state index contributed by atoms with van der Waals surface area (Å²) in [5.74, 6) is -3.10. The molecule has 5 atom stereocenters. The molecular formula is C18H35N5O5S2. The van der Waals surface area contributed by atoms with E-state index in [1.54, 1.807) is 6.92 Å². The van der Waals surface area contributed by atoms with Gasteiger partial charge in [-0.15, -0.1) is 0 Å². The van der Waals surface area contributed by atoms with Crippen molar-refractivity contribution in [2.45, 2.75) is 63.7 Å². The second kappa shape index (κ2) is 15.3. The van der Waals surface area contributed by atoms with Crippen molar-refractivity contribution in [3.8, 4) is 0 Å². The molecule has 0 aliphatic carbocycles. The third kappa shape index (κ3) is 10.0. The van der Waals surface area contributed by atoms with Gasteiger partial charge in [0.1, 0.15) is 18.1 Å². The summed E-state index contributed by atoms with van der Waals surface area (Å²) in [6.07, 6.45) is 1.99. The molecule has 0 bridgehead atoms. The number of carbonyl (C=O) groups excluding carboxylic acids is 3. The first kappa shape index (κ1) is 28.5. The summed E-state index contributed by atoms with van der Waals surface area (Å²) in [7, 11) is 0. The lowest BCUT2D eigenvalue weighted by atomic mass is 9.97. The van der Waals surface area contributed by atoms with Gasteiger partial charge in [-0.3, -0.25) is 14.4 Å². The lowest BCUT2D eigenvalue weighted by Crippen LogP contribution is -2.59. The average molecular weight is 466 g/mol. The third-order valence-electron chi connectivity index (χ3n) is 4.70. The van der Waals surface area contributed by atoms with Gasteiger partial charge in [0.05, 0.1) is 6.04 Å². The molecule has 0 radical (unpaired) electrons. The molecule has 0 aromatic heterocycles. The summed E-state index contributed by atoms with van der Waals surface area (Å²) >= 11 is 8.07. The monoisotopic (exact) mass is 465 g/mol. The quantitative estimate of drug-likeness (QED) is 0.112. The van der Waals surface area contributed by atoms with E-state index in [1.807, 2.05) is 6.92 Å². The minimum absolute atomic E-state index is 0.0515. The SMILES string of the molecule is CCC(C)C(NC(=O)C(N)CS)C(=O)NC(CS)C(=O)NC(CCCCN)C(=O)O. The fraction of sp³-hybridized carbons (Fsp3) is 0.778. The Bertz CT molecular complexity index is 581. The molecule has 3 amide bonds. The van der Waals surface area contributed by atoms with Crippen molar-refractivity contribution in [2.75, 3.05) is 18.1 Å². The summed E-state index contributed by atoms with van der Waals surface area (Å²) < 4.78 is 0. The van der Waals surface area contributed by atoms with E-state index in [9.17, 15) is 24.3 Å². The molecule has 0 heterocycles. The molecule has 10 nitrogen and oxygen atoms in total. The Morgan fingerprint density at radius 2 is 1.53 bits per heavy atom. The van der Waals surface area contributed by atoms with Gasteiger partial charge in [-0.05, 0) is 31.7 Å². The largest absolute Gasteiger partial charge is 0.480 e. The van der Waals surface area contributed by atoms with Crippen molar-refractivity contribution in [3.63, 3.8) is 0 Å². The highest BCUT2D eigenvalue weighted by molar-refractivity contribution is 7.80. The summed E-state index contributed by atoms with van der Waals surface area (Å²) in [5.41, 5.74) is 11.1. The van der Waals surface area contributed by atoms with Crippen molar-refractivity contribution in [2.24, 2.45) is 17.4 Å². The van der Waals surface area contributed by atoms with Crippen molar-refractivity contribution in [1.82, 2.24) is 16.0 Å². The van der Waals surface area contributed by atoms with Crippen molar-refractivity contribution in [3.05, 3.63) is 0 Å². The van der Waals surface area contributed by atoms with E-state index in [2.05, 4.69) is 41.2 Å². The maximum Gasteiger partial charge on any atom is 0.326 e. The van der Waals surface area contributed by atoms with E-state index in [0.717, 1.165) is 0 Å². The molecule has 0 saturated carbocycles. The molecule has 0 spiro atoms. The number of carbonyl (C=O) groups is 4. The Morgan fingerprint density at radius 1 is 0.933 bits per heavy atom. The van der Waals surface area contributed by atoms with E-state index in [4.69, 9.17) is 11.5 Å². The van der Waals surface area contributed by atoms with Crippen LogP contribution in [0.3, 0.4) is 0 Å². The Balaban J connectivity index is 5.17. The zero-order chi connectivity index (χ0) is 23.3. The van der Waals surface area contributed by atoms with Gasteiger partial charge in [-0.2, -0.15) is 25.3 Å². The van der Waals surface area contributed by atoms with Crippen LogP contribution in [0.4, 0.5) is 0 Å². The molecule has 0 aromatic carbocycles. The number of nitrogens with two attached hydrogens (primary N) is 2. The first-order valence-electron chi connectivity index (χ1n) is 9.94. The smallest absolute Gasteiger partial charge is 0.326 e. The Hall–Kier alpha value is -1.50. The lowest BCUT2D eigenvalue weighted by Gasteiger charge is -2.27. The van der Waals surface area contributed by atoms with Crippen LogP contribution in [0.1, 0.15) is 39.5 Å². The molecule has 0 fully saturated rings. The number of carboxylic acids is 1. The summed E-state index contributed by atoms with van der Waals surface area (Å²) in [4.78, 5) is 48.8. The number of aliphatic carboxylic acids is 1. The zero-order valence-electron chi connectivity index (χ0n) is 17.5. The molecule has 12 heteroatoms. The van der Waals surface area contributed by atoms with Gasteiger partial charge < -0.3 is 32.5 Å². The molecule has 0 aromatic rings. The topological polar surface area (TPSA) is 177 Å². The highest BCUT2D eigenvalue weighted by atomic mass is 32.1. The van der Waals surface area contributed by atoms with E-state index in [0.29, 0.717) is 25.8 Å². The lowest BCUT2D eigenvalue weighted by molar-refractivity contribution is -0.142. The molecule has 8 N–H and O–H groups in total. The average Bonchev–Trinajstić information content (AvgIpc) is 2.73. The standard InChI is InChI=1S/C18H35N5O5S2/c1-3-10(2)14(23-15(24)11(20)8-29)17(26)22-13(9-30)16(25)21-12(18(27)28)6-4-5-7-19/h10-14,29-30H,3-9,19-20H2,1-2H3,(H,21,25)(H,22,26)(H,23,24)(H,27,28). The number of carboxylic acid groups (broad SMARTS) is 1. The third-order valence-corrected chi connectivity index (χ3v) is 5.46. The summed E-state index contributed by atoms with van der Waals surface area (Å²) in [6, 6.07) is -3.95. The van der Waals surface area contributed by atoms with Crippen LogP contribution < -0.4 is 27.4 Å². The van der Waals surface area contributed by atoms with Gasteiger partial charge in [0.15, 0.2) is 0 Å². The van der Waals surface area contributed by atoms with Gasteiger partial charge in [0.2, 0.25) is 17.7 Å². The molecule has 5 unspecified atom stereocenters. The molecule has 0 rings (SSSR count). The highest BCUT2D eigenvalue weighted by Crippen LogP contribution is 2.09. The highest BCUT2D eigenvalue weighted by Gasteiger charge is 2.31. The van der Waals surface area contributed by atoms with Crippen LogP contribution in [0.2, 0.25) is 0 Å². The van der Waals surface area contributed by atoms with Gasteiger partial charge in [-0.25, -0.2) is 4.79 Å². The van der Waals surface area contributed by atoms with Crippen LogP contribution in [0, 0.1) is 5.92 Å². The van der Waals surface area contributed by atoms with Gasteiger partial charge in [0.25, 0.3) is 0 Å². The Kier molecular flexibility index (Phi) is 14.6. The summed E-state index contributed by atoms with van der Waals surface area (Å²) in [6.45, 7) is 4.07. The number of amides is 3. The van der Waals surface area contributed by atoms with E-state index >= 15 is 0 Å². The van der Waals surface area contributed by atoms with Gasteiger partial charge >= 0.3 is 5.97 Å². The number of hydrogen-bond acceptors (Lipinski definition) is 8. The second-order valence-corrected chi connectivity index (χ2v) is 7.82. The van der Waals surface area contributed by atoms with Crippen LogP contribution >= 0.6 is 25.3 Å². The van der Waals surface area contributed by atoms with E-state index in [-0.39, 0.29) is 23.8 Å². The predicted octanol–water partition coefficient (Wildman–Crippen LogP) is -1.11. The first-order chi connectivity index (χ1) is 14.1. The number of thiol groups is 2. The predicted molar refractivity (Wildman–Crippen MR) is 121 cm³/mol. The maximum atomic E-state index is 12.8. The Labute approximate surface area is 188 Å². The minimum Gasteiger partial charge on any atom is -0.480 e. The molecule has 0 saturated heterocycles. The fourth-order valence-corrected chi connectivity index (χ4v) is 2.95. The zero-order valence-corrected chi connectivity index (χ0v) is 19.3. The number of unbranched alkanes of at least 4 members (excludes halogenated alkanes) is 1. The second-order valence-electron chi connectivity index (χ2n) is 7.09. The summed E-state index contributed by atoms with van der Waals surface area (Å²) in [5, 5.41) is 16.9. The maximum absolute atomic E-state index is 12.8. The Morgan fingerprint density at radius 3 is 2.00 bits per heavy atom. The molecule has 30 heavy (non-hydrogen) atoms. The van der Waals surface area contributed by atoms with Crippen LogP contribution in [0.5, 0.6) is 0 Å². The van der Waals surface area contributed by atoms with Crippen LogP contribution in [-0.2, 0) is 19.2 Å². The number of rotatable bonds is 15. The van der Waals surface area contributed by atoms with Gasteiger partial charge in [0, 0.05) is 11.5 Å².